The van der Waals surface area contributed by atoms with Crippen LogP contribution in [0.2, 0.25) is 0 Å². The summed E-state index contributed by atoms with van der Waals surface area (Å²) >= 11 is 0. The highest BCUT2D eigenvalue weighted by atomic mass is 19.4. The smallest absolute Gasteiger partial charge is 0.416 e. The maximum Gasteiger partial charge on any atom is 0.416 e. The Labute approximate surface area is 129 Å². The summed E-state index contributed by atoms with van der Waals surface area (Å²) in [6.07, 6.45) is -4.59. The van der Waals surface area contributed by atoms with E-state index in [4.69, 9.17) is 4.74 Å². The molecule has 0 aliphatic carbocycles. The minimum atomic E-state index is -4.59. The fourth-order valence-corrected chi connectivity index (χ4v) is 2.48. The summed E-state index contributed by atoms with van der Waals surface area (Å²) in [6.45, 7) is 0. The Hall–Kier alpha value is -2.83. The highest BCUT2D eigenvalue weighted by Gasteiger charge is 2.40. The Bertz CT molecular complexity index is 841. The van der Waals surface area contributed by atoms with Gasteiger partial charge in [0.05, 0.1) is 18.2 Å². The van der Waals surface area contributed by atoms with Gasteiger partial charge in [-0.1, -0.05) is 12.1 Å². The summed E-state index contributed by atoms with van der Waals surface area (Å²) in [4.78, 5) is 12.4. The third-order valence-corrected chi connectivity index (χ3v) is 3.57. The van der Waals surface area contributed by atoms with E-state index in [1.54, 1.807) is 18.2 Å². The number of methoxy groups -OCH3 is 1. The van der Waals surface area contributed by atoms with Gasteiger partial charge in [0.1, 0.15) is 11.3 Å². The predicted octanol–water partition coefficient (Wildman–Crippen LogP) is 3.54. The number of Topliss-reactive ketones (excluding diaryl/α,β-unsaturated/α-hetero) is 1. The van der Waals surface area contributed by atoms with Crippen LogP contribution in [-0.2, 0) is 6.18 Å². The lowest BCUT2D eigenvalue weighted by Gasteiger charge is -2.08. The Morgan fingerprint density at radius 2 is 1.78 bits per heavy atom. The third kappa shape index (κ3) is 2.34. The minimum Gasteiger partial charge on any atom is -0.618 e. The van der Waals surface area contributed by atoms with Crippen molar-refractivity contribution in [3.63, 3.8) is 0 Å². The molecule has 0 saturated heterocycles. The lowest BCUT2D eigenvalue weighted by molar-refractivity contribution is -0.355. The number of carbonyl (C=O) groups excluding carboxylic acids is 1. The number of halogens is 3. The van der Waals surface area contributed by atoms with Crippen LogP contribution in [-0.4, -0.2) is 23.3 Å². The van der Waals surface area contributed by atoms with Gasteiger partial charge in [-0.3, -0.25) is 4.79 Å². The molecule has 0 unspecified atom stereocenters. The zero-order valence-electron chi connectivity index (χ0n) is 11.8. The van der Waals surface area contributed by atoms with Gasteiger partial charge in [-0.2, -0.15) is 17.9 Å². The summed E-state index contributed by atoms with van der Waals surface area (Å²) in [7, 11) is 1.38. The SMILES string of the molecule is COc1ccccc1C1=[N+]([O-])c2cc(C(F)(F)F)ccc2C1=O. The molecular weight excluding hydrogens is 311 g/mol. The summed E-state index contributed by atoms with van der Waals surface area (Å²) in [6, 6.07) is 8.83. The Kier molecular flexibility index (Phi) is 3.35. The highest BCUT2D eigenvalue weighted by Crippen LogP contribution is 2.36. The van der Waals surface area contributed by atoms with Crippen molar-refractivity contribution in [3.8, 4) is 5.75 Å². The molecule has 0 saturated carbocycles. The van der Waals surface area contributed by atoms with E-state index in [0.717, 1.165) is 12.1 Å². The van der Waals surface area contributed by atoms with E-state index in [1.807, 2.05) is 0 Å². The topological polar surface area (TPSA) is 52.4 Å². The van der Waals surface area contributed by atoms with E-state index in [1.165, 1.54) is 13.2 Å². The third-order valence-electron chi connectivity index (χ3n) is 3.57. The Balaban J connectivity index is 2.20. The fraction of sp³-hybridized carbons (Fsp3) is 0.125. The van der Waals surface area contributed by atoms with Crippen LogP contribution in [0.4, 0.5) is 18.9 Å². The first-order valence-corrected chi connectivity index (χ1v) is 6.58. The second-order valence-electron chi connectivity index (χ2n) is 4.90. The molecular formula is C16H10F3NO3. The number of nitrogens with zero attached hydrogens (tertiary/aromatic N) is 1. The number of ketones is 1. The summed E-state index contributed by atoms with van der Waals surface area (Å²) in [5.74, 6) is -0.339. The molecule has 2 aromatic rings. The zero-order valence-corrected chi connectivity index (χ0v) is 11.8. The number of ether oxygens (including phenoxy) is 1. The van der Waals surface area contributed by atoms with Crippen LogP contribution in [0.15, 0.2) is 42.5 Å². The van der Waals surface area contributed by atoms with E-state index in [0.29, 0.717) is 11.8 Å². The maximum absolute atomic E-state index is 12.8. The number of rotatable bonds is 2. The predicted molar refractivity (Wildman–Crippen MR) is 76.2 cm³/mol. The van der Waals surface area contributed by atoms with Crippen molar-refractivity contribution in [1.82, 2.24) is 0 Å². The number of hydrogen-bond acceptors (Lipinski definition) is 3. The average Bonchev–Trinajstić information content (AvgIpc) is 2.77. The van der Waals surface area contributed by atoms with Crippen molar-refractivity contribution in [2.24, 2.45) is 0 Å². The molecule has 0 fully saturated rings. The van der Waals surface area contributed by atoms with Crippen LogP contribution in [0.1, 0.15) is 21.5 Å². The molecule has 0 N–H and O–H groups in total. The first-order valence-electron chi connectivity index (χ1n) is 6.58. The largest absolute Gasteiger partial charge is 0.618 e. The first-order chi connectivity index (χ1) is 10.8. The van der Waals surface area contributed by atoms with Crippen LogP contribution in [0, 0.1) is 5.21 Å². The molecule has 0 amide bonds. The molecule has 0 aromatic heterocycles. The zero-order chi connectivity index (χ0) is 16.8. The lowest BCUT2D eigenvalue weighted by atomic mass is 10.0. The normalized spacial score (nSPS) is 14.2. The molecule has 2 aromatic carbocycles. The van der Waals surface area contributed by atoms with E-state index < -0.39 is 17.5 Å². The fourth-order valence-electron chi connectivity index (χ4n) is 2.48. The molecule has 3 rings (SSSR count). The van der Waals surface area contributed by atoms with E-state index in [2.05, 4.69) is 0 Å². The summed E-state index contributed by atoms with van der Waals surface area (Å²) in [5, 5.41) is 12.4. The molecule has 0 bridgehead atoms. The number of fused-ring (bicyclic) bond motifs is 1. The highest BCUT2D eigenvalue weighted by molar-refractivity contribution is 6.52. The van der Waals surface area contributed by atoms with Gasteiger partial charge in [0, 0.05) is 6.07 Å². The summed E-state index contributed by atoms with van der Waals surface area (Å²) in [5.41, 5.74) is -1.37. The molecule has 0 spiro atoms. The average molecular weight is 321 g/mol. The lowest BCUT2D eigenvalue weighted by Crippen LogP contribution is -2.17. The van der Waals surface area contributed by atoms with Crippen LogP contribution < -0.4 is 4.74 Å². The van der Waals surface area contributed by atoms with Crippen molar-refractivity contribution in [2.45, 2.75) is 6.18 Å². The van der Waals surface area contributed by atoms with Gasteiger partial charge in [0.2, 0.25) is 5.69 Å². The number of hydrogen-bond donors (Lipinski definition) is 0. The first kappa shape index (κ1) is 15.1. The van der Waals surface area contributed by atoms with Gasteiger partial charge in [-0.05, 0) is 24.3 Å². The Morgan fingerprint density at radius 1 is 1.09 bits per heavy atom. The summed E-state index contributed by atoms with van der Waals surface area (Å²) < 4.78 is 43.7. The molecule has 0 atom stereocenters. The molecule has 0 radical (unpaired) electrons. The molecule has 1 aliphatic heterocycles. The van der Waals surface area contributed by atoms with Crippen molar-refractivity contribution in [1.29, 1.82) is 0 Å². The van der Waals surface area contributed by atoms with Gasteiger partial charge < -0.3 is 9.94 Å². The molecule has 4 nitrogen and oxygen atoms in total. The minimum absolute atomic E-state index is 0.0612. The van der Waals surface area contributed by atoms with Gasteiger partial charge >= 0.3 is 6.18 Å². The molecule has 1 aliphatic rings. The molecule has 7 heteroatoms. The molecule has 118 valence electrons. The number of benzene rings is 2. The van der Waals surface area contributed by atoms with E-state index in [-0.39, 0.29) is 27.3 Å². The van der Waals surface area contributed by atoms with Crippen molar-refractivity contribution >= 4 is 17.2 Å². The quantitative estimate of drug-likeness (QED) is 0.628. The second kappa shape index (κ2) is 5.12. The number of carbonyl (C=O) groups is 1. The molecule has 23 heavy (non-hydrogen) atoms. The van der Waals surface area contributed by atoms with Gasteiger partial charge in [-0.15, -0.1) is 0 Å². The standard InChI is InChI=1S/C16H10F3NO3/c1-23-13-5-3-2-4-11(13)14-15(21)10-7-6-9(16(17,18)19)8-12(10)20(14)22/h2-8H,1H3. The monoisotopic (exact) mass is 321 g/mol. The molecule has 1 heterocycles. The van der Waals surface area contributed by atoms with Crippen molar-refractivity contribution in [3.05, 3.63) is 64.4 Å². The number of alkyl halides is 3. The Morgan fingerprint density at radius 3 is 2.43 bits per heavy atom. The van der Waals surface area contributed by atoms with E-state index in [9.17, 15) is 23.2 Å². The van der Waals surface area contributed by atoms with Crippen molar-refractivity contribution < 1.29 is 27.4 Å². The van der Waals surface area contributed by atoms with Crippen LogP contribution in [0.3, 0.4) is 0 Å². The van der Waals surface area contributed by atoms with Crippen LogP contribution >= 0.6 is 0 Å². The van der Waals surface area contributed by atoms with Crippen LogP contribution in [0.5, 0.6) is 5.75 Å². The van der Waals surface area contributed by atoms with Crippen LogP contribution in [0.25, 0.3) is 0 Å². The maximum atomic E-state index is 12.8. The van der Waals surface area contributed by atoms with Gasteiger partial charge in [-0.25, -0.2) is 0 Å². The number of para-hydroxylation sites is 1. The van der Waals surface area contributed by atoms with Crippen molar-refractivity contribution in [2.75, 3.05) is 7.11 Å². The van der Waals surface area contributed by atoms with E-state index >= 15 is 0 Å². The van der Waals surface area contributed by atoms with Gasteiger partial charge in [0.15, 0.2) is 0 Å². The second-order valence-corrected chi connectivity index (χ2v) is 4.90. The van der Waals surface area contributed by atoms with Gasteiger partial charge in [0.25, 0.3) is 11.5 Å².